The molecule has 0 aliphatic carbocycles. The summed E-state index contributed by atoms with van der Waals surface area (Å²) in [7, 11) is -2.30. The van der Waals surface area contributed by atoms with Crippen molar-refractivity contribution >= 4 is 15.9 Å². The number of pyridine rings is 1. The van der Waals surface area contributed by atoms with Gasteiger partial charge in [0.25, 0.3) is 0 Å². The first-order valence-corrected chi connectivity index (χ1v) is 10.6. The number of carbonyl (C=O) groups excluding carboxylic acids is 1. The highest BCUT2D eigenvalue weighted by Gasteiger charge is 2.60. The first kappa shape index (κ1) is 18.0. The van der Waals surface area contributed by atoms with Crippen molar-refractivity contribution in [3.05, 3.63) is 59.9 Å². The zero-order valence-electron chi connectivity index (χ0n) is 15.3. The minimum atomic E-state index is -3.64. The third kappa shape index (κ3) is 2.81. The van der Waals surface area contributed by atoms with E-state index in [-0.39, 0.29) is 18.0 Å². The summed E-state index contributed by atoms with van der Waals surface area (Å²) < 4.78 is 32.1. The van der Waals surface area contributed by atoms with Gasteiger partial charge in [0.2, 0.25) is 0 Å². The van der Waals surface area contributed by atoms with Crippen molar-refractivity contribution in [3.63, 3.8) is 0 Å². The molecule has 1 aromatic heterocycles. The predicted octanol–water partition coefficient (Wildman–Crippen LogP) is 2.93. The number of carbonyl (C=O) groups is 1. The van der Waals surface area contributed by atoms with E-state index in [1.54, 1.807) is 47.6 Å². The fraction of sp³-hybridized carbons (Fsp3) is 0.400. The fourth-order valence-electron chi connectivity index (χ4n) is 4.65. The van der Waals surface area contributed by atoms with E-state index in [1.807, 2.05) is 13.0 Å². The topological polar surface area (TPSA) is 76.6 Å². The van der Waals surface area contributed by atoms with Gasteiger partial charge in [0, 0.05) is 24.4 Å². The second-order valence-electron chi connectivity index (χ2n) is 7.22. The quantitative estimate of drug-likeness (QED) is 0.811. The average molecular weight is 386 g/mol. The molecule has 4 rings (SSSR count). The number of fused-ring (bicyclic) bond motifs is 2. The van der Waals surface area contributed by atoms with Crippen molar-refractivity contribution in [2.24, 2.45) is 0 Å². The molecule has 6 nitrogen and oxygen atoms in total. The molecule has 0 unspecified atom stereocenters. The van der Waals surface area contributed by atoms with Crippen LogP contribution < -0.4 is 0 Å². The van der Waals surface area contributed by atoms with Gasteiger partial charge in [0.15, 0.2) is 9.84 Å². The van der Waals surface area contributed by atoms with Gasteiger partial charge in [0.05, 0.1) is 23.3 Å². The van der Waals surface area contributed by atoms with Crippen molar-refractivity contribution in [2.75, 3.05) is 7.11 Å². The molecule has 2 aromatic rings. The Morgan fingerprint density at radius 1 is 1.15 bits per heavy atom. The van der Waals surface area contributed by atoms with E-state index < -0.39 is 21.2 Å². The number of hydrogen-bond acceptors (Lipinski definition) is 5. The fourth-order valence-corrected chi connectivity index (χ4v) is 6.88. The van der Waals surface area contributed by atoms with Crippen molar-refractivity contribution in [1.82, 2.24) is 9.88 Å². The molecule has 1 aromatic carbocycles. The van der Waals surface area contributed by atoms with Crippen LogP contribution in [0.1, 0.15) is 29.9 Å². The molecule has 0 radical (unpaired) electrons. The second-order valence-corrected chi connectivity index (χ2v) is 9.33. The van der Waals surface area contributed by atoms with Gasteiger partial charge in [-0.2, -0.15) is 0 Å². The summed E-state index contributed by atoms with van der Waals surface area (Å²) in [6, 6.07) is 10.0. The maximum absolute atomic E-state index is 13.6. The van der Waals surface area contributed by atoms with Crippen LogP contribution >= 0.6 is 0 Å². The van der Waals surface area contributed by atoms with Crippen LogP contribution in [0.3, 0.4) is 0 Å². The average Bonchev–Trinajstić information content (AvgIpc) is 3.25. The molecule has 2 aliphatic heterocycles. The number of ether oxygens (including phenoxy) is 1. The van der Waals surface area contributed by atoms with Gasteiger partial charge in [0.1, 0.15) is 0 Å². The Morgan fingerprint density at radius 2 is 1.85 bits per heavy atom. The number of methoxy groups -OCH3 is 1. The zero-order valence-corrected chi connectivity index (χ0v) is 16.1. The smallest absolute Gasteiger partial charge is 0.410 e. The Labute approximate surface area is 159 Å². The molecule has 2 saturated heterocycles. The molecule has 1 amide bonds. The molecular weight excluding hydrogens is 364 g/mol. The summed E-state index contributed by atoms with van der Waals surface area (Å²) in [6.45, 7) is 1.92. The third-order valence-electron chi connectivity index (χ3n) is 5.78. The van der Waals surface area contributed by atoms with Gasteiger partial charge in [-0.3, -0.25) is 4.98 Å². The lowest BCUT2D eigenvalue weighted by Crippen LogP contribution is -2.40. The summed E-state index contributed by atoms with van der Waals surface area (Å²) in [5.74, 6) is -0.317. The predicted molar refractivity (Wildman–Crippen MR) is 100 cm³/mol. The van der Waals surface area contributed by atoms with Crippen LogP contribution in [0.2, 0.25) is 0 Å². The largest absolute Gasteiger partial charge is 0.453 e. The summed E-state index contributed by atoms with van der Waals surface area (Å²) >= 11 is 0. The lowest BCUT2D eigenvalue weighted by atomic mass is 9.84. The normalized spacial score (nSPS) is 27.0. The van der Waals surface area contributed by atoms with E-state index >= 15 is 0 Å². The number of rotatable bonds is 3. The van der Waals surface area contributed by atoms with Crippen molar-refractivity contribution < 1.29 is 17.9 Å². The minimum absolute atomic E-state index is 0.197. The molecule has 2 aliphatic rings. The summed E-state index contributed by atoms with van der Waals surface area (Å²) in [5, 5.41) is -0.706. The standard InChI is InChI=1S/C20H22N2O4S/c1-13-5-7-15(8-6-13)27(24,25)19-17-10-9-16(22(17)20(23)26-2)18(19)14-4-3-11-21-12-14/h3-8,11-12,16-19H,9-10H2,1-2H3/t16-,17+,18-,19-/m1/s1. The highest BCUT2D eigenvalue weighted by atomic mass is 32.2. The molecule has 4 atom stereocenters. The van der Waals surface area contributed by atoms with Crippen molar-refractivity contribution in [2.45, 2.75) is 47.9 Å². The summed E-state index contributed by atoms with van der Waals surface area (Å²) in [5.41, 5.74) is 1.85. The molecular formula is C20H22N2O4S. The van der Waals surface area contributed by atoms with E-state index in [4.69, 9.17) is 4.74 Å². The van der Waals surface area contributed by atoms with Crippen LogP contribution in [-0.4, -0.2) is 48.8 Å². The van der Waals surface area contributed by atoms with Gasteiger partial charge in [-0.15, -0.1) is 0 Å². The number of amides is 1. The maximum Gasteiger partial charge on any atom is 0.410 e. The molecule has 0 saturated carbocycles. The Morgan fingerprint density at radius 3 is 2.48 bits per heavy atom. The number of aromatic nitrogens is 1. The number of hydrogen-bond donors (Lipinski definition) is 0. The first-order valence-electron chi connectivity index (χ1n) is 9.02. The molecule has 0 N–H and O–H groups in total. The second kappa shape index (κ2) is 6.64. The van der Waals surface area contributed by atoms with Gasteiger partial charge in [-0.05, 0) is 43.5 Å². The van der Waals surface area contributed by atoms with Crippen LogP contribution in [0, 0.1) is 6.92 Å². The SMILES string of the molecule is COC(=O)N1[C@@H]2CC[C@H]1[C@@H](S(=O)(=O)c1ccc(C)cc1)[C@@H]2c1cccnc1. The number of aryl methyl sites for hydroxylation is 1. The van der Waals surface area contributed by atoms with Gasteiger partial charge in [-0.1, -0.05) is 23.8 Å². The van der Waals surface area contributed by atoms with Crippen LogP contribution in [0.15, 0.2) is 53.7 Å². The van der Waals surface area contributed by atoms with Crippen LogP contribution in [0.25, 0.3) is 0 Å². The molecule has 142 valence electrons. The van der Waals surface area contributed by atoms with E-state index in [9.17, 15) is 13.2 Å². The Balaban J connectivity index is 1.83. The van der Waals surface area contributed by atoms with Gasteiger partial charge < -0.3 is 9.64 Å². The van der Waals surface area contributed by atoms with Crippen LogP contribution in [0.5, 0.6) is 0 Å². The third-order valence-corrected chi connectivity index (χ3v) is 8.04. The van der Waals surface area contributed by atoms with E-state index in [0.29, 0.717) is 11.3 Å². The van der Waals surface area contributed by atoms with E-state index in [0.717, 1.165) is 17.5 Å². The highest BCUT2D eigenvalue weighted by molar-refractivity contribution is 7.92. The van der Waals surface area contributed by atoms with Crippen LogP contribution in [-0.2, 0) is 14.6 Å². The number of benzene rings is 1. The Bertz CT molecular complexity index is 944. The molecule has 3 heterocycles. The number of sulfone groups is 1. The molecule has 2 bridgehead atoms. The van der Waals surface area contributed by atoms with Gasteiger partial charge in [-0.25, -0.2) is 13.2 Å². The molecule has 27 heavy (non-hydrogen) atoms. The highest BCUT2D eigenvalue weighted by Crippen LogP contribution is 2.51. The van der Waals surface area contributed by atoms with Crippen molar-refractivity contribution in [3.8, 4) is 0 Å². The Hall–Kier alpha value is -2.41. The molecule has 7 heteroatoms. The lowest BCUT2D eigenvalue weighted by molar-refractivity contribution is 0.117. The lowest BCUT2D eigenvalue weighted by Gasteiger charge is -2.28. The summed E-state index contributed by atoms with van der Waals surface area (Å²) in [6.07, 6.45) is 4.33. The van der Waals surface area contributed by atoms with E-state index in [1.165, 1.54) is 7.11 Å². The van der Waals surface area contributed by atoms with Crippen LogP contribution in [0.4, 0.5) is 4.79 Å². The first-order chi connectivity index (χ1) is 12.9. The number of nitrogens with zero attached hydrogens (tertiary/aromatic N) is 2. The van der Waals surface area contributed by atoms with Crippen molar-refractivity contribution in [1.29, 1.82) is 0 Å². The van der Waals surface area contributed by atoms with E-state index in [2.05, 4.69) is 4.98 Å². The molecule has 0 spiro atoms. The monoisotopic (exact) mass is 386 g/mol. The maximum atomic E-state index is 13.6. The molecule has 2 fully saturated rings. The van der Waals surface area contributed by atoms with Gasteiger partial charge >= 0.3 is 6.09 Å². The minimum Gasteiger partial charge on any atom is -0.453 e. The Kier molecular flexibility index (Phi) is 4.42. The zero-order chi connectivity index (χ0) is 19.2. The summed E-state index contributed by atoms with van der Waals surface area (Å²) in [4.78, 5) is 18.5.